The van der Waals surface area contributed by atoms with Gasteiger partial charge >= 0.3 is 5.82 Å². The van der Waals surface area contributed by atoms with Gasteiger partial charge in [0.1, 0.15) is 10.5 Å². The van der Waals surface area contributed by atoms with Gasteiger partial charge in [-0.3, -0.25) is 0 Å². The summed E-state index contributed by atoms with van der Waals surface area (Å²) in [5.41, 5.74) is 6.93. The maximum absolute atomic E-state index is 11.2. The second-order valence-corrected chi connectivity index (χ2v) is 7.16. The van der Waals surface area contributed by atoms with Crippen LogP contribution in [0.15, 0.2) is 34.9 Å². The van der Waals surface area contributed by atoms with E-state index in [1.54, 1.807) is 17.9 Å². The summed E-state index contributed by atoms with van der Waals surface area (Å²) < 4.78 is 3.43. The van der Waals surface area contributed by atoms with Gasteiger partial charge in [-0.05, 0) is 28.1 Å². The van der Waals surface area contributed by atoms with Crippen molar-refractivity contribution < 1.29 is 10.0 Å². The van der Waals surface area contributed by atoms with Crippen molar-refractivity contribution in [3.8, 4) is 0 Å². The summed E-state index contributed by atoms with van der Waals surface area (Å²) in [6.45, 7) is 0.0853. The van der Waals surface area contributed by atoms with E-state index in [1.807, 2.05) is 16.7 Å². The summed E-state index contributed by atoms with van der Waals surface area (Å²) in [5.74, 6) is -0.105. The van der Waals surface area contributed by atoms with Crippen molar-refractivity contribution in [3.05, 3.63) is 34.9 Å². The molecule has 3 N–H and O–H groups in total. The van der Waals surface area contributed by atoms with Gasteiger partial charge in [-0.2, -0.15) is 4.98 Å². The number of imidazole rings is 2. The highest BCUT2D eigenvalue weighted by Crippen LogP contribution is 2.37. The van der Waals surface area contributed by atoms with Crippen LogP contribution in [0.25, 0.3) is 11.2 Å². The van der Waals surface area contributed by atoms with Crippen molar-refractivity contribution in [2.45, 2.75) is 22.5 Å². The number of nitrogens with two attached hydrogens (primary N) is 1. The lowest BCUT2D eigenvalue weighted by Gasteiger charge is -2.12. The quantitative estimate of drug-likeness (QED) is 0.285. The van der Waals surface area contributed by atoms with Crippen molar-refractivity contribution in [1.29, 1.82) is 0 Å². The molecule has 27 heavy (non-hydrogen) atoms. The predicted octanol–water partition coefficient (Wildman–Crippen LogP) is 1.31. The highest BCUT2D eigenvalue weighted by atomic mass is 32.2. The molecule has 3 heterocycles. The van der Waals surface area contributed by atoms with Gasteiger partial charge in [0.2, 0.25) is 12.3 Å². The number of allylic oxidation sites excluding steroid dienone is 1. The van der Waals surface area contributed by atoms with Crippen LogP contribution < -0.4 is 5.73 Å². The lowest BCUT2D eigenvalue weighted by molar-refractivity contribution is -0.392. The Balaban J connectivity index is 1.76. The minimum Gasteiger partial charge on any atom is -0.396 e. The molecule has 0 amide bonds. The molecule has 0 spiro atoms. The average molecular weight is 388 g/mol. The van der Waals surface area contributed by atoms with Crippen LogP contribution in [0.5, 0.6) is 0 Å². The minimum absolute atomic E-state index is 0.00494. The van der Waals surface area contributed by atoms with E-state index in [9.17, 15) is 15.2 Å². The van der Waals surface area contributed by atoms with Crippen LogP contribution in [0, 0.1) is 16.0 Å². The van der Waals surface area contributed by atoms with Crippen molar-refractivity contribution >= 4 is 34.7 Å². The second kappa shape index (κ2) is 6.63. The molecule has 0 radical (unpaired) electrons. The molecule has 0 fully saturated rings. The summed E-state index contributed by atoms with van der Waals surface area (Å²) in [4.78, 5) is 27.4. The first-order chi connectivity index (χ1) is 13.0. The van der Waals surface area contributed by atoms with Gasteiger partial charge in [0.05, 0.1) is 12.4 Å². The van der Waals surface area contributed by atoms with Crippen LogP contribution >= 0.6 is 11.8 Å². The van der Waals surface area contributed by atoms with E-state index in [0.29, 0.717) is 21.2 Å². The Hall–Kier alpha value is -2.99. The molecular weight excluding hydrogens is 372 g/mol. The number of aliphatic hydroxyl groups is 1. The Morgan fingerprint density at radius 3 is 2.89 bits per heavy atom. The number of nitrogen functional groups attached to an aromatic ring is 1. The van der Waals surface area contributed by atoms with Crippen molar-refractivity contribution in [2.75, 3.05) is 12.3 Å². The molecule has 1 aliphatic carbocycles. The van der Waals surface area contributed by atoms with Crippen LogP contribution in [-0.4, -0.2) is 45.7 Å². The number of anilines is 1. The number of nitrogens with zero attached hydrogens (tertiary/aromatic N) is 7. The highest BCUT2D eigenvalue weighted by molar-refractivity contribution is 7.99. The van der Waals surface area contributed by atoms with E-state index in [1.165, 1.54) is 6.33 Å². The third-order valence-electron chi connectivity index (χ3n) is 4.38. The Morgan fingerprint density at radius 1 is 1.37 bits per heavy atom. The SMILES string of the molecule is Cn1cnc([N+](=O)[O-])c1Sc1nc(N)nc2c1ncn2[C@@H]1C=C[C@H](CO)C1. The summed E-state index contributed by atoms with van der Waals surface area (Å²) >= 11 is 1.07. The molecule has 0 saturated heterocycles. The number of hydrogen-bond donors (Lipinski definition) is 2. The molecular formula is C15H16N8O3S. The van der Waals surface area contributed by atoms with E-state index < -0.39 is 4.92 Å². The lowest BCUT2D eigenvalue weighted by atomic mass is 10.1. The molecule has 0 unspecified atom stereocenters. The second-order valence-electron chi connectivity index (χ2n) is 6.19. The molecule has 1 aliphatic rings. The number of aryl methyl sites for hydroxylation is 1. The number of nitro groups is 1. The Bertz CT molecular complexity index is 1060. The Kier molecular flexibility index (Phi) is 4.28. The third kappa shape index (κ3) is 3.02. The van der Waals surface area contributed by atoms with Gasteiger partial charge < -0.3 is 30.1 Å². The molecule has 0 aromatic carbocycles. The number of aromatic nitrogens is 6. The molecule has 3 aromatic rings. The van der Waals surface area contributed by atoms with Gasteiger partial charge in [0, 0.05) is 19.6 Å². The standard InChI is InChI=1S/C15H16N8O3S/c1-21-6-18-12(23(25)26)14(21)27-13-10-11(19-15(16)20-13)22(7-17-10)9-3-2-8(4-9)5-24/h2-3,6-9,24H,4-5H2,1H3,(H2,16,19,20)/t8-,9+/m0/s1. The number of aliphatic hydroxyl groups excluding tert-OH is 1. The number of fused-ring (bicyclic) bond motifs is 1. The summed E-state index contributed by atoms with van der Waals surface area (Å²) in [6, 6.07) is 0.00494. The van der Waals surface area contributed by atoms with Gasteiger partial charge in [0.15, 0.2) is 10.7 Å². The van der Waals surface area contributed by atoms with Crippen molar-refractivity contribution in [1.82, 2.24) is 29.1 Å². The Morgan fingerprint density at radius 2 is 2.19 bits per heavy atom. The van der Waals surface area contributed by atoms with Crippen molar-refractivity contribution in [2.24, 2.45) is 13.0 Å². The van der Waals surface area contributed by atoms with E-state index in [0.717, 1.165) is 18.2 Å². The highest BCUT2D eigenvalue weighted by Gasteiger charge is 2.26. The molecule has 4 rings (SSSR count). The number of hydrogen-bond acceptors (Lipinski definition) is 9. The zero-order valence-corrected chi connectivity index (χ0v) is 15.1. The van der Waals surface area contributed by atoms with Crippen molar-refractivity contribution in [3.63, 3.8) is 0 Å². The molecule has 0 aliphatic heterocycles. The normalized spacial score (nSPS) is 19.2. The summed E-state index contributed by atoms with van der Waals surface area (Å²) in [6.07, 6.45) is 7.73. The summed E-state index contributed by atoms with van der Waals surface area (Å²) in [7, 11) is 1.67. The smallest absolute Gasteiger partial charge is 0.396 e. The molecule has 0 saturated carbocycles. The molecule has 2 atom stereocenters. The van der Waals surface area contributed by atoms with Gasteiger partial charge in [0.25, 0.3) is 0 Å². The van der Waals surface area contributed by atoms with Crippen LogP contribution in [-0.2, 0) is 7.05 Å². The topological polar surface area (TPSA) is 151 Å². The first-order valence-electron chi connectivity index (χ1n) is 8.10. The van der Waals surface area contributed by atoms with Crippen LogP contribution in [0.4, 0.5) is 11.8 Å². The predicted molar refractivity (Wildman–Crippen MR) is 97.1 cm³/mol. The average Bonchev–Trinajstić information content (AvgIpc) is 3.33. The zero-order chi connectivity index (χ0) is 19.1. The fourth-order valence-electron chi connectivity index (χ4n) is 3.06. The van der Waals surface area contributed by atoms with Crippen LogP contribution in [0.2, 0.25) is 0 Å². The molecule has 0 bridgehead atoms. The maximum Gasteiger partial charge on any atom is 0.396 e. The van der Waals surface area contributed by atoms with E-state index in [2.05, 4.69) is 19.9 Å². The van der Waals surface area contributed by atoms with E-state index in [-0.39, 0.29) is 30.3 Å². The van der Waals surface area contributed by atoms with E-state index in [4.69, 9.17) is 5.73 Å². The monoisotopic (exact) mass is 388 g/mol. The van der Waals surface area contributed by atoms with Gasteiger partial charge in [-0.15, -0.1) is 0 Å². The fraction of sp³-hybridized carbons (Fsp3) is 0.333. The number of rotatable bonds is 5. The first-order valence-corrected chi connectivity index (χ1v) is 8.92. The molecule has 12 heteroatoms. The van der Waals surface area contributed by atoms with Crippen LogP contribution in [0.1, 0.15) is 12.5 Å². The summed E-state index contributed by atoms with van der Waals surface area (Å²) in [5, 5.41) is 21.3. The van der Waals surface area contributed by atoms with Crippen LogP contribution in [0.3, 0.4) is 0 Å². The van der Waals surface area contributed by atoms with Gasteiger partial charge in [-0.25, -0.2) is 9.97 Å². The molecule has 3 aromatic heterocycles. The zero-order valence-electron chi connectivity index (χ0n) is 14.3. The Labute approximate surface area is 157 Å². The minimum atomic E-state index is -0.541. The lowest BCUT2D eigenvalue weighted by Crippen LogP contribution is -2.08. The largest absolute Gasteiger partial charge is 0.396 e. The van der Waals surface area contributed by atoms with Gasteiger partial charge in [-0.1, -0.05) is 12.2 Å². The molecule has 140 valence electrons. The first kappa shape index (κ1) is 17.4. The van der Waals surface area contributed by atoms with E-state index >= 15 is 0 Å². The maximum atomic E-state index is 11.2. The molecule has 11 nitrogen and oxygen atoms in total. The fourth-order valence-corrected chi connectivity index (χ4v) is 4.03. The third-order valence-corrected chi connectivity index (χ3v) is 5.52.